The number of carbonyl (C=O) groups excluding carboxylic acids is 1. The molecule has 9 heteroatoms. The molecule has 2 heterocycles. The number of aryl methyl sites for hydroxylation is 1. The van der Waals surface area contributed by atoms with Gasteiger partial charge in [-0.1, -0.05) is 33.6 Å². The van der Waals surface area contributed by atoms with Crippen molar-refractivity contribution < 1.29 is 4.79 Å². The first-order valence-corrected chi connectivity index (χ1v) is 9.69. The Labute approximate surface area is 177 Å². The average molecular weight is 474 g/mol. The number of rotatable bonds is 3. The minimum Gasteiger partial charge on any atom is -0.344 e. The van der Waals surface area contributed by atoms with E-state index >= 15 is 0 Å². The Morgan fingerprint density at radius 2 is 1.86 bits per heavy atom. The number of hydrogen-bond donors (Lipinski definition) is 2. The lowest BCUT2D eigenvalue weighted by atomic mass is 10.2. The highest BCUT2D eigenvalue weighted by atomic mass is 79.9. The van der Waals surface area contributed by atoms with Crippen molar-refractivity contribution in [3.63, 3.8) is 0 Å². The zero-order valence-electron chi connectivity index (χ0n) is 15.1. The van der Waals surface area contributed by atoms with Crippen LogP contribution >= 0.6 is 27.5 Å². The minimum atomic E-state index is -0.646. The zero-order chi connectivity index (χ0) is 20.7. The summed E-state index contributed by atoms with van der Waals surface area (Å²) in [6.07, 6.45) is 1.52. The van der Waals surface area contributed by atoms with E-state index in [1.165, 1.54) is 10.8 Å². The maximum atomic E-state index is 13.0. The van der Waals surface area contributed by atoms with E-state index in [2.05, 4.69) is 26.2 Å². The van der Waals surface area contributed by atoms with Crippen molar-refractivity contribution in [2.24, 2.45) is 7.05 Å². The van der Waals surface area contributed by atoms with Crippen LogP contribution in [0.2, 0.25) is 5.02 Å². The van der Waals surface area contributed by atoms with E-state index in [1.807, 2.05) is 6.07 Å². The quantitative estimate of drug-likeness (QED) is 0.476. The Hall–Kier alpha value is -3.10. The predicted octanol–water partition coefficient (Wildman–Crippen LogP) is 3.69. The van der Waals surface area contributed by atoms with Crippen LogP contribution in [0.3, 0.4) is 0 Å². The molecule has 0 unspecified atom stereocenters. The van der Waals surface area contributed by atoms with Gasteiger partial charge in [-0.2, -0.15) is 0 Å². The molecule has 0 saturated carbocycles. The number of aromatic nitrogens is 3. The number of H-pyrrole nitrogens is 1. The largest absolute Gasteiger partial charge is 0.344 e. The van der Waals surface area contributed by atoms with Crippen LogP contribution in [-0.2, 0) is 7.05 Å². The minimum absolute atomic E-state index is 0.181. The van der Waals surface area contributed by atoms with Gasteiger partial charge >= 0.3 is 5.69 Å². The number of aromatic amines is 1. The van der Waals surface area contributed by atoms with E-state index in [4.69, 9.17) is 11.6 Å². The Morgan fingerprint density at radius 1 is 1.14 bits per heavy atom. The van der Waals surface area contributed by atoms with E-state index in [0.717, 1.165) is 9.04 Å². The molecule has 7 nitrogen and oxygen atoms in total. The van der Waals surface area contributed by atoms with Gasteiger partial charge in [-0.15, -0.1) is 0 Å². The number of halogens is 2. The summed E-state index contributed by atoms with van der Waals surface area (Å²) >= 11 is 9.24. The van der Waals surface area contributed by atoms with E-state index < -0.39 is 17.2 Å². The summed E-state index contributed by atoms with van der Waals surface area (Å²) in [6, 6.07) is 13.5. The van der Waals surface area contributed by atoms with Gasteiger partial charge in [0.25, 0.3) is 11.5 Å². The van der Waals surface area contributed by atoms with Gasteiger partial charge in [-0.3, -0.25) is 9.59 Å². The monoisotopic (exact) mass is 472 g/mol. The van der Waals surface area contributed by atoms with Crippen molar-refractivity contribution in [2.75, 3.05) is 5.32 Å². The van der Waals surface area contributed by atoms with Crippen LogP contribution < -0.4 is 16.6 Å². The Bertz CT molecular complexity index is 1370. The molecule has 146 valence electrons. The third kappa shape index (κ3) is 3.52. The fraction of sp³-hybridized carbons (Fsp3) is 0.0500. The Balaban J connectivity index is 1.84. The molecular formula is C20H14BrClN4O3. The first-order valence-electron chi connectivity index (χ1n) is 8.52. The average Bonchev–Trinajstić information content (AvgIpc) is 3.00. The van der Waals surface area contributed by atoms with Crippen LogP contribution in [0.1, 0.15) is 10.4 Å². The number of hydrogen-bond acceptors (Lipinski definition) is 3. The molecule has 0 aliphatic carbocycles. The van der Waals surface area contributed by atoms with E-state index in [0.29, 0.717) is 16.4 Å². The first kappa shape index (κ1) is 19.2. The molecule has 2 aromatic heterocycles. The third-order valence-corrected chi connectivity index (χ3v) is 5.18. The number of amides is 1. The van der Waals surface area contributed by atoms with Gasteiger partial charge in [0.1, 0.15) is 5.52 Å². The molecule has 0 aliphatic rings. The molecule has 2 aromatic carbocycles. The maximum absolute atomic E-state index is 13.0. The number of carbonyl (C=O) groups is 1. The number of fused-ring (bicyclic) bond motifs is 1. The summed E-state index contributed by atoms with van der Waals surface area (Å²) in [5.74, 6) is -0.437. The van der Waals surface area contributed by atoms with Crippen LogP contribution in [0.15, 0.2) is 68.8 Å². The van der Waals surface area contributed by atoms with Crippen LogP contribution in [-0.4, -0.2) is 20.0 Å². The smallest absolute Gasteiger partial charge is 0.333 e. The fourth-order valence-electron chi connectivity index (χ4n) is 3.13. The van der Waals surface area contributed by atoms with Crippen molar-refractivity contribution in [1.82, 2.24) is 14.1 Å². The lowest BCUT2D eigenvalue weighted by molar-refractivity contribution is 0.102. The summed E-state index contributed by atoms with van der Waals surface area (Å²) in [5.41, 5.74) is 0.365. The lowest BCUT2D eigenvalue weighted by Gasteiger charge is -2.07. The lowest BCUT2D eigenvalue weighted by Crippen LogP contribution is -2.34. The number of nitrogens with one attached hydrogen (secondary N) is 2. The zero-order valence-corrected chi connectivity index (χ0v) is 17.4. The summed E-state index contributed by atoms with van der Waals surface area (Å²) in [6.45, 7) is 0. The van der Waals surface area contributed by atoms with Gasteiger partial charge in [-0.25, -0.2) is 9.36 Å². The standard InChI is InChI=1S/C20H14BrClN4O3/c1-25-10-15(18(27)23-13-4-2-3-11(21)9-13)16-17(25)19(28)26(20(29)24-16)14-7-5-12(22)6-8-14/h2-10H,1H3,(H,23,27)(H,24,29). The van der Waals surface area contributed by atoms with Crippen LogP contribution in [0.5, 0.6) is 0 Å². The van der Waals surface area contributed by atoms with Gasteiger partial charge in [0, 0.05) is 28.4 Å². The van der Waals surface area contributed by atoms with Gasteiger partial charge in [-0.05, 0) is 42.5 Å². The van der Waals surface area contributed by atoms with Crippen LogP contribution in [0.25, 0.3) is 16.7 Å². The molecule has 29 heavy (non-hydrogen) atoms. The number of nitrogens with zero attached hydrogens (tertiary/aromatic N) is 2. The highest BCUT2D eigenvalue weighted by molar-refractivity contribution is 9.10. The molecule has 2 N–H and O–H groups in total. The molecule has 0 spiro atoms. The SMILES string of the molecule is Cn1cc(C(=O)Nc2cccc(Br)c2)c2[nH]c(=O)n(-c3ccc(Cl)cc3)c(=O)c21. The molecule has 0 atom stereocenters. The molecule has 0 fully saturated rings. The number of benzene rings is 2. The predicted molar refractivity (Wildman–Crippen MR) is 116 cm³/mol. The Kier molecular flexibility index (Phi) is 4.89. The first-order chi connectivity index (χ1) is 13.8. The van der Waals surface area contributed by atoms with Crippen molar-refractivity contribution >= 4 is 50.2 Å². The van der Waals surface area contributed by atoms with Gasteiger partial charge in [0.15, 0.2) is 0 Å². The molecule has 4 aromatic rings. The Morgan fingerprint density at radius 3 is 2.55 bits per heavy atom. The second kappa shape index (κ2) is 7.38. The summed E-state index contributed by atoms with van der Waals surface area (Å²) < 4.78 is 3.34. The van der Waals surface area contributed by atoms with Gasteiger partial charge < -0.3 is 14.9 Å². The summed E-state index contributed by atoms with van der Waals surface area (Å²) in [7, 11) is 1.64. The third-order valence-electron chi connectivity index (χ3n) is 4.43. The summed E-state index contributed by atoms with van der Waals surface area (Å²) in [4.78, 5) is 41.1. The van der Waals surface area contributed by atoms with Crippen LogP contribution in [0.4, 0.5) is 5.69 Å². The highest BCUT2D eigenvalue weighted by Crippen LogP contribution is 2.20. The van der Waals surface area contributed by atoms with Gasteiger partial charge in [0.2, 0.25) is 0 Å². The molecule has 1 amide bonds. The highest BCUT2D eigenvalue weighted by Gasteiger charge is 2.20. The van der Waals surface area contributed by atoms with E-state index in [-0.39, 0.29) is 16.6 Å². The topological polar surface area (TPSA) is 88.9 Å². The van der Waals surface area contributed by atoms with Crippen molar-refractivity contribution in [2.45, 2.75) is 0 Å². The normalized spacial score (nSPS) is 11.0. The molecule has 0 saturated heterocycles. The van der Waals surface area contributed by atoms with Crippen molar-refractivity contribution in [3.05, 3.63) is 90.6 Å². The van der Waals surface area contributed by atoms with Crippen molar-refractivity contribution in [3.8, 4) is 5.69 Å². The van der Waals surface area contributed by atoms with Crippen LogP contribution in [0, 0.1) is 0 Å². The second-order valence-corrected chi connectivity index (χ2v) is 7.74. The molecule has 0 aliphatic heterocycles. The van der Waals surface area contributed by atoms with Crippen molar-refractivity contribution in [1.29, 1.82) is 0 Å². The van der Waals surface area contributed by atoms with Gasteiger partial charge in [0.05, 0.1) is 16.8 Å². The summed E-state index contributed by atoms with van der Waals surface area (Å²) in [5, 5.41) is 3.26. The number of anilines is 1. The molecule has 4 rings (SSSR count). The second-order valence-electron chi connectivity index (χ2n) is 6.39. The van der Waals surface area contributed by atoms with E-state index in [9.17, 15) is 14.4 Å². The fourth-order valence-corrected chi connectivity index (χ4v) is 3.66. The molecule has 0 bridgehead atoms. The maximum Gasteiger partial charge on any atom is 0.333 e. The molecule has 0 radical (unpaired) electrons. The van der Waals surface area contributed by atoms with E-state index in [1.54, 1.807) is 49.5 Å². The molecular weight excluding hydrogens is 460 g/mol.